The zero-order chi connectivity index (χ0) is 9.33. The van der Waals surface area contributed by atoms with Crippen molar-refractivity contribution in [3.63, 3.8) is 0 Å². The number of nitriles is 1. The first-order chi connectivity index (χ1) is 4.91. The molecule has 0 bridgehead atoms. The van der Waals surface area contributed by atoms with Crippen LogP contribution in [-0.4, -0.2) is 24.1 Å². The van der Waals surface area contributed by atoms with E-state index < -0.39 is 10.4 Å². The maximum absolute atomic E-state index is 8.74. The van der Waals surface area contributed by atoms with E-state index in [4.69, 9.17) is 28.6 Å². The van der Waals surface area contributed by atoms with Crippen molar-refractivity contribution in [1.82, 2.24) is 5.43 Å². The van der Waals surface area contributed by atoms with E-state index in [0.717, 1.165) is 0 Å². The van der Waals surface area contributed by atoms with Crippen LogP contribution in [0.25, 0.3) is 0 Å². The molecule has 11 heavy (non-hydrogen) atoms. The lowest BCUT2D eigenvalue weighted by Gasteiger charge is -1.83. The standard InChI is InChI=1S/C3H7N3.H2O4S/c4-2-1-3-6-5;1-5(2,3)4/h6H,1,3,5H2;(H2,1,2,3,4). The molecule has 0 aliphatic rings. The fraction of sp³-hybridized carbons (Fsp3) is 0.667. The second-order valence-corrected chi connectivity index (χ2v) is 2.21. The van der Waals surface area contributed by atoms with E-state index in [9.17, 15) is 0 Å². The largest absolute Gasteiger partial charge is 0.394 e. The van der Waals surface area contributed by atoms with Crippen LogP contribution in [0.1, 0.15) is 6.42 Å². The Morgan fingerprint density at radius 2 is 1.91 bits per heavy atom. The molecule has 66 valence electrons. The van der Waals surface area contributed by atoms with E-state index in [-0.39, 0.29) is 0 Å². The number of nitrogens with zero attached hydrogens (tertiary/aromatic N) is 1. The van der Waals surface area contributed by atoms with Crippen molar-refractivity contribution < 1.29 is 17.5 Å². The molecule has 0 atom stereocenters. The molecule has 7 nitrogen and oxygen atoms in total. The molecule has 0 aliphatic carbocycles. The Bertz CT molecular complexity index is 197. The molecule has 0 saturated heterocycles. The van der Waals surface area contributed by atoms with Gasteiger partial charge in [0, 0.05) is 13.0 Å². The molecule has 0 fully saturated rings. The van der Waals surface area contributed by atoms with E-state index in [1.54, 1.807) is 0 Å². The predicted molar refractivity (Wildman–Crippen MR) is 36.6 cm³/mol. The lowest BCUT2D eigenvalue weighted by Crippen LogP contribution is -2.22. The van der Waals surface area contributed by atoms with Gasteiger partial charge in [0.2, 0.25) is 0 Å². The van der Waals surface area contributed by atoms with Crippen LogP contribution in [0, 0.1) is 11.3 Å². The Balaban J connectivity index is 0. The highest BCUT2D eigenvalue weighted by molar-refractivity contribution is 7.79. The number of rotatable bonds is 2. The van der Waals surface area contributed by atoms with Gasteiger partial charge in [-0.3, -0.25) is 20.4 Å². The molecule has 0 saturated carbocycles. The van der Waals surface area contributed by atoms with E-state index in [1.165, 1.54) is 0 Å². The minimum atomic E-state index is -4.67. The Kier molecular flexibility index (Phi) is 8.67. The topological polar surface area (TPSA) is 136 Å². The van der Waals surface area contributed by atoms with Crippen LogP contribution in [0.4, 0.5) is 0 Å². The van der Waals surface area contributed by atoms with Crippen molar-refractivity contribution in [2.24, 2.45) is 5.84 Å². The van der Waals surface area contributed by atoms with Gasteiger partial charge in [0.25, 0.3) is 0 Å². The summed E-state index contributed by atoms with van der Waals surface area (Å²) in [5.74, 6) is 4.81. The minimum absolute atomic E-state index is 0.483. The molecule has 0 spiro atoms. The van der Waals surface area contributed by atoms with Crippen LogP contribution in [0.15, 0.2) is 0 Å². The molecular weight excluding hydrogens is 174 g/mol. The second kappa shape index (κ2) is 7.39. The smallest absolute Gasteiger partial charge is 0.271 e. The number of hydrogen-bond acceptors (Lipinski definition) is 5. The normalized spacial score (nSPS) is 9.27. The third kappa shape index (κ3) is 94.6. The first kappa shape index (κ1) is 12.9. The second-order valence-electron chi connectivity index (χ2n) is 1.31. The zero-order valence-corrected chi connectivity index (χ0v) is 6.37. The molecular formula is C3H9N3O4S. The Hall–Kier alpha value is -0.720. The molecule has 0 radical (unpaired) electrons. The highest BCUT2D eigenvalue weighted by Gasteiger charge is 1.84. The van der Waals surface area contributed by atoms with Crippen LogP contribution in [0.3, 0.4) is 0 Å². The summed E-state index contributed by atoms with van der Waals surface area (Å²) >= 11 is 0. The fourth-order valence-corrected chi connectivity index (χ4v) is 0.128. The highest BCUT2D eigenvalue weighted by Crippen LogP contribution is 1.62. The molecule has 0 aromatic carbocycles. The van der Waals surface area contributed by atoms with Gasteiger partial charge in [0.15, 0.2) is 0 Å². The monoisotopic (exact) mass is 183 g/mol. The van der Waals surface area contributed by atoms with Crippen LogP contribution in [0.5, 0.6) is 0 Å². The molecule has 0 aromatic rings. The summed E-state index contributed by atoms with van der Waals surface area (Å²) < 4.78 is 31.6. The summed E-state index contributed by atoms with van der Waals surface area (Å²) in [7, 11) is -4.67. The summed E-state index contributed by atoms with van der Waals surface area (Å²) in [4.78, 5) is 0. The third-order valence-corrected chi connectivity index (χ3v) is 0.381. The molecule has 0 aromatic heterocycles. The van der Waals surface area contributed by atoms with Crippen molar-refractivity contribution in [2.45, 2.75) is 6.42 Å². The van der Waals surface area contributed by atoms with Crippen molar-refractivity contribution in [2.75, 3.05) is 6.54 Å². The molecule has 0 heterocycles. The summed E-state index contributed by atoms with van der Waals surface area (Å²) in [5.41, 5.74) is 2.35. The molecule has 5 N–H and O–H groups in total. The summed E-state index contributed by atoms with van der Waals surface area (Å²) in [6.45, 7) is 0.580. The third-order valence-electron chi connectivity index (χ3n) is 0.381. The Labute approximate surface area is 64.4 Å². The van der Waals surface area contributed by atoms with Gasteiger partial charge >= 0.3 is 10.4 Å². The van der Waals surface area contributed by atoms with E-state index in [1.807, 2.05) is 6.07 Å². The molecule has 0 rings (SSSR count). The van der Waals surface area contributed by atoms with Gasteiger partial charge in [0.1, 0.15) is 0 Å². The number of nitrogens with two attached hydrogens (primary N) is 1. The van der Waals surface area contributed by atoms with Crippen LogP contribution < -0.4 is 11.3 Å². The van der Waals surface area contributed by atoms with Crippen molar-refractivity contribution in [3.05, 3.63) is 0 Å². The summed E-state index contributed by atoms with van der Waals surface area (Å²) in [6.07, 6.45) is 0.483. The van der Waals surface area contributed by atoms with Gasteiger partial charge in [-0.15, -0.1) is 0 Å². The first-order valence-electron chi connectivity index (χ1n) is 2.42. The molecule has 0 unspecified atom stereocenters. The first-order valence-corrected chi connectivity index (χ1v) is 3.81. The molecule has 0 amide bonds. The van der Waals surface area contributed by atoms with Gasteiger partial charge in [-0.25, -0.2) is 0 Å². The quantitative estimate of drug-likeness (QED) is 0.181. The number of hydrogen-bond donors (Lipinski definition) is 4. The molecule has 8 heteroatoms. The average Bonchev–Trinajstić information content (AvgIpc) is 1.79. The fourth-order valence-electron chi connectivity index (χ4n) is 0.128. The van der Waals surface area contributed by atoms with Gasteiger partial charge in [0.05, 0.1) is 6.07 Å². The van der Waals surface area contributed by atoms with Crippen LogP contribution >= 0.6 is 0 Å². The van der Waals surface area contributed by atoms with Crippen LogP contribution in [0.2, 0.25) is 0 Å². The minimum Gasteiger partial charge on any atom is -0.271 e. The summed E-state index contributed by atoms with van der Waals surface area (Å²) in [6, 6.07) is 1.93. The van der Waals surface area contributed by atoms with Gasteiger partial charge in [-0.1, -0.05) is 0 Å². The SMILES string of the molecule is N#CCCNN.O=S(=O)(O)O. The van der Waals surface area contributed by atoms with E-state index >= 15 is 0 Å². The zero-order valence-electron chi connectivity index (χ0n) is 5.56. The highest BCUT2D eigenvalue weighted by atomic mass is 32.3. The molecule has 0 aliphatic heterocycles. The lowest BCUT2D eigenvalue weighted by molar-refractivity contribution is 0.381. The maximum Gasteiger partial charge on any atom is 0.394 e. The Morgan fingerprint density at radius 1 is 1.55 bits per heavy atom. The van der Waals surface area contributed by atoms with Crippen molar-refractivity contribution in [3.8, 4) is 6.07 Å². The maximum atomic E-state index is 8.74. The lowest BCUT2D eigenvalue weighted by atomic mass is 10.5. The van der Waals surface area contributed by atoms with Gasteiger partial charge < -0.3 is 0 Å². The van der Waals surface area contributed by atoms with Gasteiger partial charge in [-0.05, 0) is 0 Å². The van der Waals surface area contributed by atoms with Crippen molar-refractivity contribution in [1.29, 1.82) is 5.26 Å². The predicted octanol–water partition coefficient (Wildman–Crippen LogP) is -1.29. The Morgan fingerprint density at radius 3 is 2.00 bits per heavy atom. The van der Waals surface area contributed by atoms with E-state index in [0.29, 0.717) is 13.0 Å². The van der Waals surface area contributed by atoms with Gasteiger partial charge in [-0.2, -0.15) is 13.7 Å². The number of hydrazine groups is 1. The van der Waals surface area contributed by atoms with Crippen LogP contribution in [-0.2, 0) is 10.4 Å². The van der Waals surface area contributed by atoms with Crippen molar-refractivity contribution >= 4 is 10.4 Å². The van der Waals surface area contributed by atoms with E-state index in [2.05, 4.69) is 5.43 Å². The number of nitrogens with one attached hydrogen (secondary N) is 1. The average molecular weight is 183 g/mol. The summed E-state index contributed by atoms with van der Waals surface area (Å²) in [5, 5.41) is 7.85.